The van der Waals surface area contributed by atoms with E-state index in [-0.39, 0.29) is 24.8 Å². The highest BCUT2D eigenvalue weighted by Crippen LogP contribution is 2.21. The lowest BCUT2D eigenvalue weighted by Gasteiger charge is -2.12. The van der Waals surface area contributed by atoms with Crippen molar-refractivity contribution in [3.05, 3.63) is 66.1 Å². The van der Waals surface area contributed by atoms with Gasteiger partial charge in [0.25, 0.3) is 0 Å². The maximum absolute atomic E-state index is 12.2. The summed E-state index contributed by atoms with van der Waals surface area (Å²) >= 11 is 0. The number of hydrogen-bond donors (Lipinski definition) is 1. The maximum Gasteiger partial charge on any atom is 0.414 e. The molecule has 8 heteroatoms. The van der Waals surface area contributed by atoms with Crippen LogP contribution in [0.15, 0.2) is 59.1 Å². The van der Waals surface area contributed by atoms with Gasteiger partial charge in [0.1, 0.15) is 12.5 Å². The van der Waals surface area contributed by atoms with E-state index in [1.807, 2.05) is 61.5 Å². The summed E-state index contributed by atoms with van der Waals surface area (Å²) in [7, 11) is 0. The molecule has 1 fully saturated rings. The summed E-state index contributed by atoms with van der Waals surface area (Å²) in [5.74, 6) is 0.406. The number of carbonyl (C=O) groups is 2. The monoisotopic (exact) mass is 392 g/mol. The first-order valence-corrected chi connectivity index (χ1v) is 9.28. The molecule has 2 amide bonds. The van der Waals surface area contributed by atoms with Crippen LogP contribution >= 0.6 is 0 Å². The Kier molecular flexibility index (Phi) is 5.24. The first-order valence-electron chi connectivity index (χ1n) is 9.28. The van der Waals surface area contributed by atoms with Gasteiger partial charge in [0.05, 0.1) is 13.1 Å². The number of nitrogens with one attached hydrogen (secondary N) is 1. The van der Waals surface area contributed by atoms with E-state index < -0.39 is 12.2 Å². The van der Waals surface area contributed by atoms with E-state index in [1.54, 1.807) is 4.90 Å². The molecule has 1 N–H and O–H groups in total. The molecule has 2 aromatic carbocycles. The zero-order valence-corrected chi connectivity index (χ0v) is 15.9. The number of aromatic nitrogens is 2. The summed E-state index contributed by atoms with van der Waals surface area (Å²) in [5.41, 5.74) is 2.65. The van der Waals surface area contributed by atoms with Gasteiger partial charge in [0, 0.05) is 11.3 Å². The number of amides is 2. The van der Waals surface area contributed by atoms with E-state index in [1.165, 1.54) is 0 Å². The van der Waals surface area contributed by atoms with Crippen LogP contribution in [0.1, 0.15) is 11.5 Å². The third-order valence-corrected chi connectivity index (χ3v) is 4.63. The highest BCUT2D eigenvalue weighted by Gasteiger charge is 2.32. The predicted molar refractivity (Wildman–Crippen MR) is 105 cm³/mol. The zero-order chi connectivity index (χ0) is 20.2. The molecule has 1 atom stereocenters. The molecule has 4 rings (SSSR count). The normalized spacial score (nSPS) is 16.0. The lowest BCUT2D eigenvalue weighted by molar-refractivity contribution is -0.121. The minimum atomic E-state index is -0.421. The van der Waals surface area contributed by atoms with Crippen molar-refractivity contribution in [2.24, 2.45) is 0 Å². The maximum atomic E-state index is 12.2. The first-order chi connectivity index (χ1) is 14.1. The molecular weight excluding hydrogens is 372 g/mol. The summed E-state index contributed by atoms with van der Waals surface area (Å²) in [4.78, 5) is 30.1. The number of hydrogen-bond acceptors (Lipinski definition) is 6. The van der Waals surface area contributed by atoms with Crippen LogP contribution in [0, 0.1) is 6.92 Å². The second kappa shape index (κ2) is 8.14. The van der Waals surface area contributed by atoms with Gasteiger partial charge >= 0.3 is 6.09 Å². The number of rotatable bonds is 6. The highest BCUT2D eigenvalue weighted by atomic mass is 16.6. The minimum absolute atomic E-state index is 0.0397. The van der Waals surface area contributed by atoms with E-state index in [2.05, 4.69) is 15.5 Å². The summed E-state index contributed by atoms with van der Waals surface area (Å²) < 4.78 is 10.5. The zero-order valence-electron chi connectivity index (χ0n) is 15.9. The van der Waals surface area contributed by atoms with Crippen molar-refractivity contribution in [2.45, 2.75) is 19.4 Å². The Hall–Kier alpha value is -3.68. The number of aryl methyl sites for hydroxylation is 1. The molecule has 0 aliphatic carbocycles. The van der Waals surface area contributed by atoms with Gasteiger partial charge in [-0.15, -0.1) is 0 Å². The number of benzene rings is 2. The van der Waals surface area contributed by atoms with Crippen LogP contribution < -0.4 is 10.2 Å². The highest BCUT2D eigenvalue weighted by molar-refractivity contribution is 5.89. The van der Waals surface area contributed by atoms with Gasteiger partial charge in [-0.25, -0.2) is 4.79 Å². The second-order valence-electron chi connectivity index (χ2n) is 6.76. The molecule has 1 aliphatic rings. The molecule has 8 nitrogen and oxygen atoms in total. The van der Waals surface area contributed by atoms with E-state index >= 15 is 0 Å². The molecule has 0 bridgehead atoms. The first kappa shape index (κ1) is 18.7. The number of cyclic esters (lactones) is 1. The van der Waals surface area contributed by atoms with Crippen molar-refractivity contribution in [3.8, 4) is 11.4 Å². The van der Waals surface area contributed by atoms with Gasteiger partial charge in [-0.1, -0.05) is 47.6 Å². The molecule has 0 spiro atoms. The molecule has 2 heterocycles. The summed E-state index contributed by atoms with van der Waals surface area (Å²) in [6, 6.07) is 16.9. The smallest absolute Gasteiger partial charge is 0.414 e. The summed E-state index contributed by atoms with van der Waals surface area (Å²) in [5, 5.41) is 6.70. The Labute approximate surface area is 167 Å². The van der Waals surface area contributed by atoms with Crippen molar-refractivity contribution in [2.75, 3.05) is 18.0 Å². The number of anilines is 1. The van der Waals surface area contributed by atoms with Crippen LogP contribution in [0.4, 0.5) is 10.5 Å². The van der Waals surface area contributed by atoms with Gasteiger partial charge in [-0.2, -0.15) is 4.98 Å². The molecule has 29 heavy (non-hydrogen) atoms. The van der Waals surface area contributed by atoms with Crippen molar-refractivity contribution < 1.29 is 18.8 Å². The van der Waals surface area contributed by atoms with Crippen LogP contribution in [0.25, 0.3) is 11.4 Å². The van der Waals surface area contributed by atoms with Gasteiger partial charge in [0.15, 0.2) is 0 Å². The number of nitrogens with zero attached hydrogens (tertiary/aromatic N) is 3. The molecule has 1 saturated heterocycles. The van der Waals surface area contributed by atoms with Crippen molar-refractivity contribution >= 4 is 17.7 Å². The van der Waals surface area contributed by atoms with E-state index in [0.717, 1.165) is 16.8 Å². The van der Waals surface area contributed by atoms with E-state index in [4.69, 9.17) is 9.26 Å². The standard InChI is InChI=1S/C21H20N4O4/c1-14-7-5-6-10-17(14)20-23-19(29-24-20)11-18(26)22-12-16-13-25(21(27)28-16)15-8-3-2-4-9-15/h2-10,16H,11-13H2,1H3,(H,22,26). The lowest BCUT2D eigenvalue weighted by Crippen LogP contribution is -2.35. The molecular formula is C21H20N4O4. The SMILES string of the molecule is Cc1ccccc1-c1noc(CC(=O)NCC2CN(c3ccccc3)C(=O)O2)n1. The molecule has 0 radical (unpaired) electrons. The molecule has 0 saturated carbocycles. The van der Waals surface area contributed by atoms with Gasteiger partial charge in [-0.05, 0) is 24.6 Å². The van der Waals surface area contributed by atoms with Crippen LogP contribution in [0.3, 0.4) is 0 Å². The Morgan fingerprint density at radius 3 is 2.72 bits per heavy atom. The minimum Gasteiger partial charge on any atom is -0.442 e. The molecule has 148 valence electrons. The van der Waals surface area contributed by atoms with Crippen LogP contribution in [0.2, 0.25) is 0 Å². The average Bonchev–Trinajstić information content (AvgIpc) is 3.34. The second-order valence-corrected chi connectivity index (χ2v) is 6.76. The average molecular weight is 392 g/mol. The van der Waals surface area contributed by atoms with Crippen molar-refractivity contribution in [1.82, 2.24) is 15.5 Å². The summed E-state index contributed by atoms with van der Waals surface area (Å²) in [6.07, 6.45) is -0.880. The van der Waals surface area contributed by atoms with Crippen molar-refractivity contribution in [1.29, 1.82) is 0 Å². The number of ether oxygens (including phenoxy) is 1. The molecule has 1 aromatic heterocycles. The van der Waals surface area contributed by atoms with E-state index in [9.17, 15) is 9.59 Å². The van der Waals surface area contributed by atoms with Crippen LogP contribution in [0.5, 0.6) is 0 Å². The Morgan fingerprint density at radius 2 is 1.93 bits per heavy atom. The predicted octanol–water partition coefficient (Wildman–Crippen LogP) is 2.73. The fourth-order valence-electron chi connectivity index (χ4n) is 3.13. The molecule has 1 aliphatic heterocycles. The summed E-state index contributed by atoms with van der Waals surface area (Å²) in [6.45, 7) is 2.55. The Bertz CT molecular complexity index is 1020. The molecule has 1 unspecified atom stereocenters. The lowest BCUT2D eigenvalue weighted by atomic mass is 10.1. The number of carbonyl (C=O) groups excluding carboxylic acids is 2. The molecule has 3 aromatic rings. The number of para-hydroxylation sites is 1. The van der Waals surface area contributed by atoms with Gasteiger partial charge in [0.2, 0.25) is 17.6 Å². The van der Waals surface area contributed by atoms with Crippen molar-refractivity contribution in [3.63, 3.8) is 0 Å². The Balaban J connectivity index is 1.30. The van der Waals surface area contributed by atoms with Gasteiger partial charge in [-0.3, -0.25) is 9.69 Å². The van der Waals surface area contributed by atoms with Crippen LogP contribution in [-0.2, 0) is 16.0 Å². The fraction of sp³-hybridized carbons (Fsp3) is 0.238. The van der Waals surface area contributed by atoms with E-state index in [0.29, 0.717) is 12.4 Å². The third-order valence-electron chi connectivity index (χ3n) is 4.63. The van der Waals surface area contributed by atoms with Crippen LogP contribution in [-0.4, -0.2) is 41.3 Å². The largest absolute Gasteiger partial charge is 0.442 e. The quantitative estimate of drug-likeness (QED) is 0.693. The third kappa shape index (κ3) is 4.26. The topological polar surface area (TPSA) is 97.6 Å². The van der Waals surface area contributed by atoms with Gasteiger partial charge < -0.3 is 14.6 Å². The fourth-order valence-corrected chi connectivity index (χ4v) is 3.13. The Morgan fingerprint density at radius 1 is 1.17 bits per heavy atom.